The van der Waals surface area contributed by atoms with Crippen LogP contribution in [-0.4, -0.2) is 46.9 Å². The topological polar surface area (TPSA) is 74.1 Å². The van der Waals surface area contributed by atoms with Gasteiger partial charge in [0, 0.05) is 49.1 Å². The van der Waals surface area contributed by atoms with Gasteiger partial charge in [-0.25, -0.2) is 15.0 Å². The molecule has 178 valence electrons. The first-order valence-corrected chi connectivity index (χ1v) is 12.2. The molecule has 5 rings (SSSR count). The molecule has 3 heterocycles. The lowest BCUT2D eigenvalue weighted by Crippen LogP contribution is -2.10. The van der Waals surface area contributed by atoms with Crippen molar-refractivity contribution in [3.05, 3.63) is 65.9 Å². The molecule has 0 bridgehead atoms. The Kier molecular flexibility index (Phi) is 6.68. The first kappa shape index (κ1) is 23.3. The Morgan fingerprint density at radius 3 is 2.60 bits per heavy atom. The molecule has 5 aromatic rings. The third kappa shape index (κ3) is 4.36. The number of aromatic nitrogens is 4. The number of aryl methyl sites for hydroxylation is 1. The molecule has 35 heavy (non-hydrogen) atoms. The highest BCUT2D eigenvalue weighted by molar-refractivity contribution is 7.22. The fraction of sp³-hybridized carbons (Fsp3) is 0.192. The minimum absolute atomic E-state index is 0.544. The molecule has 0 saturated carbocycles. The van der Waals surface area contributed by atoms with Crippen LogP contribution in [0.5, 0.6) is 5.75 Å². The Bertz CT molecular complexity index is 1480. The molecule has 0 atom stereocenters. The number of halogens is 1. The van der Waals surface area contributed by atoms with E-state index in [4.69, 9.17) is 31.0 Å². The summed E-state index contributed by atoms with van der Waals surface area (Å²) in [7, 11) is 5.23. The number of hydrogen-bond acceptors (Lipinski definition) is 7. The van der Waals surface area contributed by atoms with E-state index in [0.717, 1.165) is 37.6 Å². The van der Waals surface area contributed by atoms with Crippen molar-refractivity contribution < 1.29 is 9.47 Å². The standard InChI is InChI=1S/C26H24ClN5O2S/c1-32-14-12-29-25(32)24-30-23(28-13-15-33-2)20-19(16-8-5-4-6-9-16)22(35-26(20)31-24)17-10-7-11-18(34-3)21(17)27/h4-12,14H,13,15H2,1-3H3,(H,28,30,31). The van der Waals surface area contributed by atoms with Gasteiger partial charge in [0.2, 0.25) is 0 Å². The number of methoxy groups -OCH3 is 2. The van der Waals surface area contributed by atoms with Crippen LogP contribution in [0.3, 0.4) is 0 Å². The minimum Gasteiger partial charge on any atom is -0.495 e. The van der Waals surface area contributed by atoms with Crippen molar-refractivity contribution in [2.75, 3.05) is 32.7 Å². The molecule has 0 spiro atoms. The monoisotopic (exact) mass is 505 g/mol. The first-order valence-electron chi connectivity index (χ1n) is 11.1. The summed E-state index contributed by atoms with van der Waals surface area (Å²) >= 11 is 8.38. The molecule has 7 nitrogen and oxygen atoms in total. The Morgan fingerprint density at radius 2 is 1.89 bits per heavy atom. The first-order chi connectivity index (χ1) is 17.1. The van der Waals surface area contributed by atoms with Crippen LogP contribution in [0.15, 0.2) is 60.9 Å². The number of hydrogen-bond donors (Lipinski definition) is 1. The maximum Gasteiger partial charge on any atom is 0.199 e. The van der Waals surface area contributed by atoms with Crippen molar-refractivity contribution in [2.24, 2.45) is 7.05 Å². The van der Waals surface area contributed by atoms with E-state index < -0.39 is 0 Å². The third-order valence-electron chi connectivity index (χ3n) is 5.66. The molecule has 0 aliphatic carbocycles. The highest BCUT2D eigenvalue weighted by Crippen LogP contribution is 2.49. The van der Waals surface area contributed by atoms with E-state index in [1.807, 2.05) is 54.2 Å². The number of nitrogens with one attached hydrogen (secondary N) is 1. The molecule has 0 unspecified atom stereocenters. The van der Waals surface area contributed by atoms with Gasteiger partial charge < -0.3 is 19.4 Å². The highest BCUT2D eigenvalue weighted by Gasteiger charge is 2.24. The second-order valence-electron chi connectivity index (χ2n) is 7.85. The van der Waals surface area contributed by atoms with E-state index in [2.05, 4.69) is 22.4 Å². The van der Waals surface area contributed by atoms with Crippen LogP contribution in [0.4, 0.5) is 5.82 Å². The maximum absolute atomic E-state index is 6.81. The zero-order valence-electron chi connectivity index (χ0n) is 19.6. The van der Waals surface area contributed by atoms with E-state index in [0.29, 0.717) is 35.6 Å². The Morgan fingerprint density at radius 1 is 1.06 bits per heavy atom. The predicted molar refractivity (Wildman–Crippen MR) is 142 cm³/mol. The van der Waals surface area contributed by atoms with Gasteiger partial charge in [0.25, 0.3) is 0 Å². The zero-order chi connectivity index (χ0) is 24.4. The summed E-state index contributed by atoms with van der Waals surface area (Å²) in [4.78, 5) is 16.2. The van der Waals surface area contributed by atoms with Gasteiger partial charge in [0.1, 0.15) is 16.4 Å². The number of thiophene rings is 1. The van der Waals surface area contributed by atoms with E-state index in [-0.39, 0.29) is 0 Å². The number of benzene rings is 2. The molecule has 0 saturated heterocycles. The third-order valence-corrected chi connectivity index (χ3v) is 7.17. The normalized spacial score (nSPS) is 11.2. The molecular formula is C26H24ClN5O2S. The lowest BCUT2D eigenvalue weighted by Gasteiger charge is -2.12. The summed E-state index contributed by atoms with van der Waals surface area (Å²) in [6.45, 7) is 1.14. The molecule has 1 N–H and O–H groups in total. The predicted octanol–water partition coefficient (Wildman–Crippen LogP) is 6.15. The van der Waals surface area contributed by atoms with Crippen LogP contribution < -0.4 is 10.1 Å². The Labute approximate surface area is 212 Å². The minimum atomic E-state index is 0.544. The molecule has 9 heteroatoms. The average molecular weight is 506 g/mol. The SMILES string of the molecule is COCCNc1nc(-c2nccn2C)nc2sc(-c3cccc(OC)c3Cl)c(-c3ccccc3)c12. The molecule has 0 aliphatic heterocycles. The molecule has 0 fully saturated rings. The van der Waals surface area contributed by atoms with E-state index in [9.17, 15) is 0 Å². The molecule has 0 amide bonds. The van der Waals surface area contributed by atoms with E-state index >= 15 is 0 Å². The summed E-state index contributed by atoms with van der Waals surface area (Å²) in [5.41, 5.74) is 2.96. The number of rotatable bonds is 8. The molecule has 3 aromatic heterocycles. The number of nitrogens with zero attached hydrogens (tertiary/aromatic N) is 4. The van der Waals surface area contributed by atoms with Crippen molar-refractivity contribution >= 4 is 39.0 Å². The van der Waals surface area contributed by atoms with Gasteiger partial charge in [-0.1, -0.05) is 54.1 Å². The van der Waals surface area contributed by atoms with Crippen molar-refractivity contribution in [2.45, 2.75) is 0 Å². The van der Waals surface area contributed by atoms with Crippen molar-refractivity contribution in [3.8, 4) is 39.0 Å². The van der Waals surface area contributed by atoms with Gasteiger partial charge >= 0.3 is 0 Å². The van der Waals surface area contributed by atoms with Crippen molar-refractivity contribution in [1.29, 1.82) is 0 Å². The van der Waals surface area contributed by atoms with Crippen LogP contribution in [0.25, 0.3) is 43.4 Å². The van der Waals surface area contributed by atoms with Crippen LogP contribution in [-0.2, 0) is 11.8 Å². The highest BCUT2D eigenvalue weighted by atomic mass is 35.5. The zero-order valence-corrected chi connectivity index (χ0v) is 21.2. The number of imidazole rings is 1. The summed E-state index contributed by atoms with van der Waals surface area (Å²) in [5, 5.41) is 4.95. The Hall–Kier alpha value is -3.46. The van der Waals surface area contributed by atoms with Crippen LogP contribution >= 0.6 is 22.9 Å². The summed E-state index contributed by atoms with van der Waals surface area (Å²) in [5.74, 6) is 2.59. The fourth-order valence-electron chi connectivity index (χ4n) is 3.99. The summed E-state index contributed by atoms with van der Waals surface area (Å²) in [6, 6.07) is 16.0. The second-order valence-corrected chi connectivity index (χ2v) is 9.23. The van der Waals surface area contributed by atoms with Gasteiger partial charge in [-0.05, 0) is 11.6 Å². The second kappa shape index (κ2) is 10.0. The molecule has 2 aromatic carbocycles. The van der Waals surface area contributed by atoms with E-state index in [1.165, 1.54) is 0 Å². The summed E-state index contributed by atoms with van der Waals surface area (Å²) < 4.78 is 12.7. The van der Waals surface area contributed by atoms with Gasteiger partial charge in [0.05, 0.1) is 24.1 Å². The summed E-state index contributed by atoms with van der Waals surface area (Å²) in [6.07, 6.45) is 3.62. The largest absolute Gasteiger partial charge is 0.495 e. The molecule has 0 aliphatic rings. The van der Waals surface area contributed by atoms with Crippen LogP contribution in [0, 0.1) is 0 Å². The van der Waals surface area contributed by atoms with Gasteiger partial charge in [-0.2, -0.15) is 0 Å². The van der Waals surface area contributed by atoms with Crippen LogP contribution in [0.2, 0.25) is 5.02 Å². The average Bonchev–Trinajstić information content (AvgIpc) is 3.48. The maximum atomic E-state index is 6.81. The van der Waals surface area contributed by atoms with Gasteiger partial charge in [-0.15, -0.1) is 11.3 Å². The van der Waals surface area contributed by atoms with Gasteiger partial charge in [0.15, 0.2) is 11.6 Å². The number of ether oxygens (including phenoxy) is 2. The van der Waals surface area contributed by atoms with Crippen molar-refractivity contribution in [1.82, 2.24) is 19.5 Å². The van der Waals surface area contributed by atoms with Crippen molar-refractivity contribution in [3.63, 3.8) is 0 Å². The quantitative estimate of drug-likeness (QED) is 0.255. The lowest BCUT2D eigenvalue weighted by atomic mass is 9.99. The van der Waals surface area contributed by atoms with Gasteiger partial charge in [-0.3, -0.25) is 0 Å². The fourth-order valence-corrected chi connectivity index (χ4v) is 5.58. The molecular weight excluding hydrogens is 482 g/mol. The van der Waals surface area contributed by atoms with Crippen LogP contribution in [0.1, 0.15) is 0 Å². The molecule has 0 radical (unpaired) electrons. The Balaban J connectivity index is 1.83. The van der Waals surface area contributed by atoms with E-state index in [1.54, 1.807) is 31.8 Å². The lowest BCUT2D eigenvalue weighted by molar-refractivity contribution is 0.210. The number of fused-ring (bicyclic) bond motifs is 1. The number of anilines is 1. The smallest absolute Gasteiger partial charge is 0.199 e.